The van der Waals surface area contributed by atoms with E-state index in [1.807, 2.05) is 0 Å². The van der Waals surface area contributed by atoms with Crippen LogP contribution in [0.5, 0.6) is 0 Å². The molecule has 2 fully saturated rings. The first-order chi connectivity index (χ1) is 10.1. The number of aliphatic hydroxyl groups is 1. The van der Waals surface area contributed by atoms with Crippen LogP contribution in [0.4, 0.5) is 10.9 Å². The molecule has 1 amide bonds. The molecule has 2 aliphatic rings. The zero-order valence-electron chi connectivity index (χ0n) is 12.3. The van der Waals surface area contributed by atoms with Crippen LogP contribution in [-0.2, 0) is 0 Å². The summed E-state index contributed by atoms with van der Waals surface area (Å²) in [5.41, 5.74) is 5.96. The summed E-state index contributed by atoms with van der Waals surface area (Å²) in [6.07, 6.45) is 3.26. The first-order valence-corrected chi connectivity index (χ1v) is 8.36. The third-order valence-electron chi connectivity index (χ3n) is 4.54. The van der Waals surface area contributed by atoms with Crippen molar-refractivity contribution in [2.75, 3.05) is 36.9 Å². The highest BCUT2D eigenvalue weighted by Gasteiger charge is 2.36. The van der Waals surface area contributed by atoms with Crippen molar-refractivity contribution in [1.82, 2.24) is 9.88 Å². The van der Waals surface area contributed by atoms with Gasteiger partial charge in [-0.15, -0.1) is 0 Å². The van der Waals surface area contributed by atoms with E-state index in [1.165, 1.54) is 24.2 Å². The van der Waals surface area contributed by atoms with Crippen LogP contribution in [0.15, 0.2) is 0 Å². The molecule has 7 heteroatoms. The Kier molecular flexibility index (Phi) is 4.03. The number of anilines is 2. The van der Waals surface area contributed by atoms with E-state index in [2.05, 4.69) is 16.8 Å². The summed E-state index contributed by atoms with van der Waals surface area (Å²) >= 11 is 1.38. The van der Waals surface area contributed by atoms with Crippen LogP contribution >= 0.6 is 11.3 Å². The second kappa shape index (κ2) is 5.81. The van der Waals surface area contributed by atoms with E-state index in [9.17, 15) is 9.90 Å². The fraction of sp³-hybridized carbons (Fsp3) is 0.714. The molecule has 3 N–H and O–H groups in total. The van der Waals surface area contributed by atoms with Gasteiger partial charge in [-0.3, -0.25) is 4.79 Å². The second-order valence-electron chi connectivity index (χ2n) is 5.92. The van der Waals surface area contributed by atoms with E-state index in [4.69, 9.17) is 5.73 Å². The number of nitrogen functional groups attached to an aromatic ring is 1. The molecule has 116 valence electrons. The van der Waals surface area contributed by atoms with Gasteiger partial charge in [0.05, 0.1) is 12.6 Å². The number of carbonyl (C=O) groups excluding carboxylic acids is 1. The van der Waals surface area contributed by atoms with Crippen LogP contribution in [0, 0.1) is 5.92 Å². The predicted octanol–water partition coefficient (Wildman–Crippen LogP) is 1.17. The smallest absolute Gasteiger partial charge is 0.268 e. The van der Waals surface area contributed by atoms with Crippen LogP contribution in [0.2, 0.25) is 0 Å². The Labute approximate surface area is 128 Å². The fourth-order valence-electron chi connectivity index (χ4n) is 3.19. The van der Waals surface area contributed by atoms with Crippen molar-refractivity contribution in [3.63, 3.8) is 0 Å². The zero-order valence-corrected chi connectivity index (χ0v) is 13.1. The molecule has 21 heavy (non-hydrogen) atoms. The van der Waals surface area contributed by atoms with Gasteiger partial charge >= 0.3 is 0 Å². The van der Waals surface area contributed by atoms with Gasteiger partial charge in [0.15, 0.2) is 5.13 Å². The molecule has 2 atom stereocenters. The maximum absolute atomic E-state index is 12.7. The lowest BCUT2D eigenvalue weighted by Gasteiger charge is -2.24. The highest BCUT2D eigenvalue weighted by atomic mass is 32.1. The third kappa shape index (κ3) is 2.60. The van der Waals surface area contributed by atoms with Crippen molar-refractivity contribution >= 4 is 28.2 Å². The monoisotopic (exact) mass is 310 g/mol. The van der Waals surface area contributed by atoms with Crippen LogP contribution in [0.3, 0.4) is 0 Å². The molecular formula is C14H22N4O2S. The largest absolute Gasteiger partial charge is 0.394 e. The molecule has 0 spiro atoms. The quantitative estimate of drug-likeness (QED) is 0.875. The molecule has 0 bridgehead atoms. The van der Waals surface area contributed by atoms with Crippen molar-refractivity contribution in [3.8, 4) is 0 Å². The van der Waals surface area contributed by atoms with E-state index in [-0.39, 0.29) is 18.6 Å². The summed E-state index contributed by atoms with van der Waals surface area (Å²) in [4.78, 5) is 21.5. The van der Waals surface area contributed by atoms with Crippen LogP contribution in [0.25, 0.3) is 0 Å². The summed E-state index contributed by atoms with van der Waals surface area (Å²) in [5.74, 6) is 0.563. The number of rotatable bonds is 3. The molecule has 0 aromatic carbocycles. The van der Waals surface area contributed by atoms with Crippen molar-refractivity contribution in [1.29, 1.82) is 0 Å². The Morgan fingerprint density at radius 1 is 1.43 bits per heavy atom. The maximum Gasteiger partial charge on any atom is 0.268 e. The standard InChI is InChI=1S/C14H22N4O2S/c1-9-4-7-18(10(9)8-19)13(20)11-12(15)16-14(21-11)17-5-2-3-6-17/h9-10,19H,2-8,15H2,1H3. The lowest BCUT2D eigenvalue weighted by Crippen LogP contribution is -2.39. The molecule has 2 unspecified atom stereocenters. The number of carbonyl (C=O) groups is 1. The number of amides is 1. The zero-order chi connectivity index (χ0) is 15.0. The number of thiazole rings is 1. The SMILES string of the molecule is CC1CCN(C(=O)c2sc(N3CCCC3)nc2N)C1CO. The third-order valence-corrected chi connectivity index (χ3v) is 5.66. The highest BCUT2D eigenvalue weighted by Crippen LogP contribution is 2.33. The van der Waals surface area contributed by atoms with Crippen LogP contribution in [0.1, 0.15) is 35.9 Å². The Morgan fingerprint density at radius 3 is 2.81 bits per heavy atom. The van der Waals surface area contributed by atoms with Gasteiger partial charge in [0.2, 0.25) is 0 Å². The molecule has 3 heterocycles. The summed E-state index contributed by atoms with van der Waals surface area (Å²) in [6.45, 7) is 4.73. The molecular weight excluding hydrogens is 288 g/mol. The van der Waals surface area contributed by atoms with Gasteiger partial charge in [0, 0.05) is 19.6 Å². The predicted molar refractivity (Wildman–Crippen MR) is 83.7 cm³/mol. The summed E-state index contributed by atoms with van der Waals surface area (Å²) in [7, 11) is 0. The number of likely N-dealkylation sites (tertiary alicyclic amines) is 1. The molecule has 0 radical (unpaired) electrons. The van der Waals surface area contributed by atoms with Crippen molar-refractivity contribution in [2.45, 2.75) is 32.2 Å². The molecule has 1 aromatic rings. The minimum absolute atomic E-state index is 0.00456. The van der Waals surface area contributed by atoms with E-state index < -0.39 is 0 Å². The number of aliphatic hydroxyl groups excluding tert-OH is 1. The molecule has 2 aliphatic heterocycles. The van der Waals surface area contributed by atoms with Gasteiger partial charge in [-0.05, 0) is 25.2 Å². The Hall–Kier alpha value is -1.34. The van der Waals surface area contributed by atoms with Crippen LogP contribution < -0.4 is 10.6 Å². The van der Waals surface area contributed by atoms with Gasteiger partial charge in [-0.2, -0.15) is 0 Å². The van der Waals surface area contributed by atoms with Gasteiger partial charge in [0.1, 0.15) is 10.7 Å². The van der Waals surface area contributed by atoms with Crippen molar-refractivity contribution in [2.24, 2.45) is 5.92 Å². The number of hydrogen-bond donors (Lipinski definition) is 2. The van der Waals surface area contributed by atoms with E-state index in [0.717, 1.165) is 24.6 Å². The summed E-state index contributed by atoms with van der Waals surface area (Å²) in [6, 6.07) is -0.103. The van der Waals surface area contributed by atoms with Gasteiger partial charge in [-0.25, -0.2) is 4.98 Å². The fourth-order valence-corrected chi connectivity index (χ4v) is 4.18. The van der Waals surface area contributed by atoms with Gasteiger partial charge in [0.25, 0.3) is 5.91 Å². The normalized spacial score (nSPS) is 25.8. The Morgan fingerprint density at radius 2 is 2.14 bits per heavy atom. The molecule has 3 rings (SSSR count). The van der Waals surface area contributed by atoms with Crippen molar-refractivity contribution in [3.05, 3.63) is 4.88 Å². The summed E-state index contributed by atoms with van der Waals surface area (Å²) in [5, 5.41) is 10.4. The minimum Gasteiger partial charge on any atom is -0.394 e. The van der Waals surface area contributed by atoms with Gasteiger partial charge < -0.3 is 20.6 Å². The first-order valence-electron chi connectivity index (χ1n) is 7.55. The van der Waals surface area contributed by atoms with Gasteiger partial charge in [-0.1, -0.05) is 18.3 Å². The van der Waals surface area contributed by atoms with E-state index >= 15 is 0 Å². The average molecular weight is 310 g/mol. The molecule has 6 nitrogen and oxygen atoms in total. The number of nitrogens with zero attached hydrogens (tertiary/aromatic N) is 3. The number of aromatic nitrogens is 1. The first kappa shape index (κ1) is 14.6. The molecule has 0 saturated carbocycles. The topological polar surface area (TPSA) is 82.7 Å². The lowest BCUT2D eigenvalue weighted by molar-refractivity contribution is 0.0654. The average Bonchev–Trinajstić information content (AvgIpc) is 3.16. The summed E-state index contributed by atoms with van der Waals surface area (Å²) < 4.78 is 0. The number of hydrogen-bond acceptors (Lipinski definition) is 6. The maximum atomic E-state index is 12.7. The molecule has 0 aliphatic carbocycles. The second-order valence-corrected chi connectivity index (χ2v) is 6.90. The van der Waals surface area contributed by atoms with Crippen molar-refractivity contribution < 1.29 is 9.90 Å². The molecule has 2 saturated heterocycles. The van der Waals surface area contributed by atoms with E-state index in [0.29, 0.717) is 23.2 Å². The lowest BCUT2D eigenvalue weighted by atomic mass is 10.0. The van der Waals surface area contributed by atoms with E-state index in [1.54, 1.807) is 4.90 Å². The Bertz CT molecular complexity index is 527. The molecule has 1 aromatic heterocycles. The Balaban J connectivity index is 1.81. The minimum atomic E-state index is -0.103. The van der Waals surface area contributed by atoms with Crippen LogP contribution in [-0.4, -0.2) is 53.2 Å². The number of nitrogens with two attached hydrogens (primary N) is 1. The highest BCUT2D eigenvalue weighted by molar-refractivity contribution is 7.18.